The van der Waals surface area contributed by atoms with Crippen molar-refractivity contribution in [3.63, 3.8) is 0 Å². The van der Waals surface area contributed by atoms with Crippen LogP contribution < -0.4 is 15.0 Å². The van der Waals surface area contributed by atoms with Gasteiger partial charge in [-0.2, -0.15) is 4.31 Å². The third-order valence-corrected chi connectivity index (χ3v) is 8.23. The summed E-state index contributed by atoms with van der Waals surface area (Å²) >= 11 is 0. The molecule has 1 aliphatic heterocycles. The van der Waals surface area contributed by atoms with Gasteiger partial charge in [-0.15, -0.1) is 0 Å². The van der Waals surface area contributed by atoms with Crippen LogP contribution in [0.5, 0.6) is 5.75 Å². The van der Waals surface area contributed by atoms with E-state index in [9.17, 15) is 22.4 Å². The van der Waals surface area contributed by atoms with Crippen LogP contribution in [0.2, 0.25) is 0 Å². The molecule has 212 valence electrons. The number of esters is 1. The summed E-state index contributed by atoms with van der Waals surface area (Å²) < 4.78 is 52.6. The van der Waals surface area contributed by atoms with Crippen molar-refractivity contribution in [2.75, 3.05) is 50.1 Å². The molecule has 2 heterocycles. The van der Waals surface area contributed by atoms with Gasteiger partial charge in [0.25, 0.3) is 0 Å². The minimum Gasteiger partial charge on any atom is -0.497 e. The zero-order chi connectivity index (χ0) is 29.0. The molecule has 2 aromatic carbocycles. The summed E-state index contributed by atoms with van der Waals surface area (Å²) in [6.45, 7) is 5.60. The molecular formula is C27H30FN5O6S. The molecule has 0 radical (unpaired) electrons. The van der Waals surface area contributed by atoms with Crippen LogP contribution in [0.15, 0.2) is 47.4 Å². The van der Waals surface area contributed by atoms with Crippen molar-refractivity contribution in [2.45, 2.75) is 25.7 Å². The van der Waals surface area contributed by atoms with E-state index >= 15 is 0 Å². The second-order valence-electron chi connectivity index (χ2n) is 9.00. The van der Waals surface area contributed by atoms with Gasteiger partial charge in [0, 0.05) is 38.7 Å². The SMILES string of the molecule is CCOC(=O)c1c(C)nc(N2CCN(S(=O)(=O)c3ccc(NC(C)=O)c(F)c3)CC2)nc1-c1ccc(OC)cc1. The molecule has 11 nitrogen and oxygen atoms in total. The van der Waals surface area contributed by atoms with Crippen molar-refractivity contribution in [1.82, 2.24) is 14.3 Å². The Labute approximate surface area is 232 Å². The Morgan fingerprint density at radius 1 is 1.05 bits per heavy atom. The number of methoxy groups -OCH3 is 1. The number of nitrogens with zero attached hydrogens (tertiary/aromatic N) is 4. The van der Waals surface area contributed by atoms with E-state index in [1.165, 1.54) is 23.4 Å². The molecule has 1 amide bonds. The van der Waals surface area contributed by atoms with E-state index in [0.29, 0.717) is 28.6 Å². The second kappa shape index (κ2) is 12.0. The fourth-order valence-electron chi connectivity index (χ4n) is 4.33. The van der Waals surface area contributed by atoms with Gasteiger partial charge in [0.2, 0.25) is 21.9 Å². The van der Waals surface area contributed by atoms with E-state index in [1.807, 2.05) is 4.90 Å². The highest BCUT2D eigenvalue weighted by Gasteiger charge is 2.31. The number of carbonyl (C=O) groups is 2. The van der Waals surface area contributed by atoms with Crippen LogP contribution in [0.4, 0.5) is 16.0 Å². The molecule has 13 heteroatoms. The van der Waals surface area contributed by atoms with Gasteiger partial charge in [0.1, 0.15) is 17.1 Å². The van der Waals surface area contributed by atoms with Crippen molar-refractivity contribution in [3.8, 4) is 17.0 Å². The number of rotatable bonds is 8. The second-order valence-corrected chi connectivity index (χ2v) is 10.9. The molecule has 3 aromatic rings. The number of aromatic nitrogens is 2. The molecule has 0 bridgehead atoms. The topological polar surface area (TPSA) is 131 Å². The summed E-state index contributed by atoms with van der Waals surface area (Å²) in [6.07, 6.45) is 0. The van der Waals surface area contributed by atoms with Crippen molar-refractivity contribution in [3.05, 3.63) is 59.5 Å². The molecular weight excluding hydrogens is 541 g/mol. The van der Waals surface area contributed by atoms with Gasteiger partial charge in [0.15, 0.2) is 0 Å². The summed E-state index contributed by atoms with van der Waals surface area (Å²) in [5.74, 6) is -0.849. The van der Waals surface area contributed by atoms with E-state index < -0.39 is 27.7 Å². The molecule has 1 saturated heterocycles. The minimum atomic E-state index is -3.99. The molecule has 1 fully saturated rings. The van der Waals surface area contributed by atoms with Gasteiger partial charge in [-0.1, -0.05) is 0 Å². The van der Waals surface area contributed by atoms with Crippen molar-refractivity contribution in [2.24, 2.45) is 0 Å². The number of aryl methyl sites for hydroxylation is 1. The lowest BCUT2D eigenvalue weighted by Gasteiger charge is -2.34. The Kier molecular flexibility index (Phi) is 8.64. The number of sulfonamides is 1. The molecule has 1 aromatic heterocycles. The van der Waals surface area contributed by atoms with Gasteiger partial charge < -0.3 is 19.7 Å². The first kappa shape index (κ1) is 28.9. The van der Waals surface area contributed by atoms with E-state index in [4.69, 9.17) is 14.5 Å². The molecule has 0 unspecified atom stereocenters. The van der Waals surface area contributed by atoms with Gasteiger partial charge in [-0.25, -0.2) is 27.6 Å². The number of hydrogen-bond acceptors (Lipinski definition) is 9. The number of nitrogens with one attached hydrogen (secondary N) is 1. The van der Waals surface area contributed by atoms with E-state index in [1.54, 1.807) is 45.2 Å². The molecule has 4 rings (SSSR count). The average molecular weight is 572 g/mol. The van der Waals surface area contributed by atoms with Gasteiger partial charge in [-0.05, 0) is 56.3 Å². The summed E-state index contributed by atoms with van der Waals surface area (Å²) in [5.41, 5.74) is 1.65. The van der Waals surface area contributed by atoms with Crippen LogP contribution in [0.3, 0.4) is 0 Å². The summed E-state index contributed by atoms with van der Waals surface area (Å²) in [4.78, 5) is 34.9. The first-order chi connectivity index (χ1) is 19.0. The molecule has 1 N–H and O–H groups in total. The lowest BCUT2D eigenvalue weighted by atomic mass is 10.0. The quantitative estimate of drug-likeness (QED) is 0.405. The maximum atomic E-state index is 14.4. The number of ether oxygens (including phenoxy) is 2. The minimum absolute atomic E-state index is 0.0947. The highest BCUT2D eigenvalue weighted by molar-refractivity contribution is 7.89. The van der Waals surface area contributed by atoms with E-state index in [2.05, 4.69) is 10.3 Å². The monoisotopic (exact) mass is 571 g/mol. The Hall–Kier alpha value is -4.10. The number of benzene rings is 2. The lowest BCUT2D eigenvalue weighted by Crippen LogP contribution is -2.49. The number of anilines is 2. The van der Waals surface area contributed by atoms with Crippen molar-refractivity contribution in [1.29, 1.82) is 0 Å². The van der Waals surface area contributed by atoms with Crippen molar-refractivity contribution < 1.29 is 31.9 Å². The molecule has 40 heavy (non-hydrogen) atoms. The Morgan fingerprint density at radius 2 is 1.73 bits per heavy atom. The number of halogens is 1. The first-order valence-electron chi connectivity index (χ1n) is 12.6. The standard InChI is InChI=1S/C27H30FN5O6S/c1-5-39-26(35)24-17(2)29-27(31-25(24)19-6-8-20(38-4)9-7-19)32-12-14-33(15-13-32)40(36,37)21-10-11-23(22(28)16-21)30-18(3)34/h6-11,16H,5,12-15H2,1-4H3,(H,30,34). The predicted molar refractivity (Wildman–Crippen MR) is 146 cm³/mol. The zero-order valence-corrected chi connectivity index (χ0v) is 23.4. The van der Waals surface area contributed by atoms with Crippen molar-refractivity contribution >= 4 is 33.5 Å². The van der Waals surface area contributed by atoms with E-state index in [-0.39, 0.29) is 48.9 Å². The average Bonchev–Trinajstić information content (AvgIpc) is 2.93. The third kappa shape index (κ3) is 6.05. The lowest BCUT2D eigenvalue weighted by molar-refractivity contribution is -0.114. The van der Waals surface area contributed by atoms with Crippen LogP contribution >= 0.6 is 0 Å². The van der Waals surface area contributed by atoms with Crippen LogP contribution in [0.25, 0.3) is 11.3 Å². The predicted octanol–water partition coefficient (Wildman–Crippen LogP) is 3.25. The maximum absolute atomic E-state index is 14.4. The van der Waals surface area contributed by atoms with E-state index in [0.717, 1.165) is 6.07 Å². The molecule has 1 aliphatic rings. The van der Waals surface area contributed by atoms with Crippen LogP contribution in [-0.4, -0.2) is 74.5 Å². The Balaban J connectivity index is 1.58. The highest BCUT2D eigenvalue weighted by atomic mass is 32.2. The fourth-order valence-corrected chi connectivity index (χ4v) is 5.76. The maximum Gasteiger partial charge on any atom is 0.342 e. The summed E-state index contributed by atoms with van der Waals surface area (Å²) in [7, 11) is -2.43. The van der Waals surface area contributed by atoms with Crippen LogP contribution in [0.1, 0.15) is 29.9 Å². The molecule has 0 spiro atoms. The van der Waals surface area contributed by atoms with Crippen LogP contribution in [-0.2, 0) is 19.6 Å². The van der Waals surface area contributed by atoms with Gasteiger partial charge >= 0.3 is 5.97 Å². The number of hydrogen-bond donors (Lipinski definition) is 1. The normalized spacial score (nSPS) is 14.1. The first-order valence-corrected chi connectivity index (χ1v) is 14.0. The van der Waals surface area contributed by atoms with Gasteiger partial charge in [-0.3, -0.25) is 4.79 Å². The number of piperazine rings is 1. The third-order valence-electron chi connectivity index (χ3n) is 6.33. The Bertz CT molecular complexity index is 1520. The largest absolute Gasteiger partial charge is 0.497 e. The summed E-state index contributed by atoms with van der Waals surface area (Å²) in [6, 6.07) is 10.5. The molecule has 0 saturated carbocycles. The fraction of sp³-hybridized carbons (Fsp3) is 0.333. The Morgan fingerprint density at radius 3 is 2.30 bits per heavy atom. The summed E-state index contributed by atoms with van der Waals surface area (Å²) in [5, 5.41) is 2.32. The van der Waals surface area contributed by atoms with Gasteiger partial charge in [0.05, 0.1) is 35.7 Å². The molecule has 0 atom stereocenters. The zero-order valence-electron chi connectivity index (χ0n) is 22.6. The smallest absolute Gasteiger partial charge is 0.342 e. The highest BCUT2D eigenvalue weighted by Crippen LogP contribution is 2.29. The number of amides is 1. The van der Waals surface area contributed by atoms with Crippen LogP contribution in [0, 0.1) is 12.7 Å². The number of carbonyl (C=O) groups excluding carboxylic acids is 2. The molecule has 0 aliphatic carbocycles.